The van der Waals surface area contributed by atoms with Crippen molar-refractivity contribution in [2.75, 3.05) is 13.2 Å². The molecule has 3 heterocycles. The summed E-state index contributed by atoms with van der Waals surface area (Å²) in [5.74, 6) is -2.42. The first-order chi connectivity index (χ1) is 10.8. The van der Waals surface area contributed by atoms with E-state index in [-0.39, 0.29) is 18.1 Å². The smallest absolute Gasteiger partial charge is 0.333 e. The van der Waals surface area contributed by atoms with Gasteiger partial charge < -0.3 is 23.7 Å². The lowest BCUT2D eigenvalue weighted by Crippen LogP contribution is -2.60. The Morgan fingerprint density at radius 3 is 2.50 bits per heavy atom. The Hall–Kier alpha value is -0.330. The number of nitrogens with two attached hydrogens (primary N) is 1. The van der Waals surface area contributed by atoms with E-state index in [1.54, 1.807) is 13.8 Å². The summed E-state index contributed by atoms with van der Waals surface area (Å²) in [6.07, 6.45) is -1.94. The van der Waals surface area contributed by atoms with Crippen LogP contribution in [-0.4, -0.2) is 57.8 Å². The second kappa shape index (κ2) is 5.58. The summed E-state index contributed by atoms with van der Waals surface area (Å²) in [5, 5.41) is 4.93. The van der Waals surface area contributed by atoms with Crippen LogP contribution < -0.4 is 5.14 Å². The van der Waals surface area contributed by atoms with E-state index >= 15 is 0 Å². The zero-order valence-corrected chi connectivity index (χ0v) is 15.3. The molecule has 5 atom stereocenters. The molecule has 2 N–H and O–H groups in total. The van der Waals surface area contributed by atoms with Gasteiger partial charge >= 0.3 is 10.3 Å². The van der Waals surface area contributed by atoms with E-state index < -0.39 is 47.0 Å². The summed E-state index contributed by atoms with van der Waals surface area (Å²) in [7, 11) is -4.15. The molecule has 3 aliphatic heterocycles. The highest BCUT2D eigenvalue weighted by atomic mass is 32.2. The van der Waals surface area contributed by atoms with Crippen molar-refractivity contribution in [3.8, 4) is 0 Å². The molecule has 3 saturated heterocycles. The molecule has 3 rings (SSSR count). The van der Waals surface area contributed by atoms with Gasteiger partial charge in [-0.3, -0.25) is 4.18 Å². The van der Waals surface area contributed by atoms with Crippen LogP contribution in [0.3, 0.4) is 0 Å². The fourth-order valence-corrected chi connectivity index (χ4v) is 3.50. The second-order valence-corrected chi connectivity index (χ2v) is 9.11. The quantitative estimate of drug-likeness (QED) is 0.754. The molecule has 9 nitrogen and oxygen atoms in total. The van der Waals surface area contributed by atoms with E-state index in [0.29, 0.717) is 0 Å². The van der Waals surface area contributed by atoms with Crippen molar-refractivity contribution >= 4 is 10.3 Å². The van der Waals surface area contributed by atoms with Crippen LogP contribution >= 0.6 is 0 Å². The number of fused-ring (bicyclic) bond motifs is 3. The van der Waals surface area contributed by atoms with Crippen LogP contribution in [0.4, 0.5) is 0 Å². The Labute approximate surface area is 141 Å². The molecule has 3 fully saturated rings. The van der Waals surface area contributed by atoms with Gasteiger partial charge in [-0.05, 0) is 13.8 Å². The highest BCUT2D eigenvalue weighted by Gasteiger charge is 2.65. The van der Waals surface area contributed by atoms with Crippen molar-refractivity contribution < 1.29 is 36.3 Å². The second-order valence-electron chi connectivity index (χ2n) is 7.89. The monoisotopic (exact) mass is 367 g/mol. The van der Waals surface area contributed by atoms with Gasteiger partial charge in [-0.15, -0.1) is 0 Å². The standard InChI is InChI=1S/C14H25NO8S/c1-12(2,3)11-20-8-6-18-14(7-19-24(15,16)17)10(9(8)21-11)22-13(4,5)23-14/h8-11H,6-7H2,1-5H3,(H2,15,16,17)/t8-,9-,10+,11-,14+/m1/s1. The molecular weight excluding hydrogens is 342 g/mol. The molecule has 24 heavy (non-hydrogen) atoms. The molecule has 0 radical (unpaired) electrons. The maximum Gasteiger partial charge on any atom is 0.333 e. The number of rotatable bonds is 3. The van der Waals surface area contributed by atoms with Crippen LogP contribution in [-0.2, 0) is 38.2 Å². The topological polar surface area (TPSA) is 116 Å². The Balaban J connectivity index is 1.85. The van der Waals surface area contributed by atoms with Gasteiger partial charge in [0.15, 0.2) is 12.1 Å². The van der Waals surface area contributed by atoms with Crippen LogP contribution in [0.15, 0.2) is 0 Å². The first-order valence-electron chi connectivity index (χ1n) is 7.81. The van der Waals surface area contributed by atoms with Gasteiger partial charge in [-0.2, -0.15) is 8.42 Å². The van der Waals surface area contributed by atoms with Gasteiger partial charge in [-0.25, -0.2) is 5.14 Å². The van der Waals surface area contributed by atoms with E-state index in [1.807, 2.05) is 20.8 Å². The maximum absolute atomic E-state index is 11.2. The Morgan fingerprint density at radius 1 is 1.25 bits per heavy atom. The third kappa shape index (κ3) is 3.47. The van der Waals surface area contributed by atoms with Crippen molar-refractivity contribution in [3.05, 3.63) is 0 Å². The Bertz CT molecular complexity index is 600. The van der Waals surface area contributed by atoms with Gasteiger partial charge in [0.25, 0.3) is 0 Å². The van der Waals surface area contributed by atoms with Crippen LogP contribution in [0.5, 0.6) is 0 Å². The van der Waals surface area contributed by atoms with Gasteiger partial charge in [0.05, 0.1) is 6.61 Å². The molecular formula is C14H25NO8S. The van der Waals surface area contributed by atoms with Crippen LogP contribution in [0.1, 0.15) is 34.6 Å². The highest BCUT2D eigenvalue weighted by molar-refractivity contribution is 7.84. The first kappa shape index (κ1) is 18.5. The maximum atomic E-state index is 11.2. The van der Waals surface area contributed by atoms with Crippen LogP contribution in [0.2, 0.25) is 0 Å². The normalized spacial score (nSPS) is 41.9. The summed E-state index contributed by atoms with van der Waals surface area (Å²) >= 11 is 0. The lowest BCUT2D eigenvalue weighted by atomic mass is 9.96. The minimum Gasteiger partial charge on any atom is -0.344 e. The van der Waals surface area contributed by atoms with Gasteiger partial charge in [-0.1, -0.05) is 20.8 Å². The van der Waals surface area contributed by atoms with Crippen molar-refractivity contribution in [2.24, 2.45) is 10.6 Å². The highest BCUT2D eigenvalue weighted by Crippen LogP contribution is 2.47. The molecule has 0 saturated carbocycles. The first-order valence-corrected chi connectivity index (χ1v) is 9.29. The molecule has 0 aromatic carbocycles. The lowest BCUT2D eigenvalue weighted by Gasteiger charge is -2.40. The third-order valence-electron chi connectivity index (χ3n) is 4.13. The number of ether oxygens (including phenoxy) is 5. The summed E-state index contributed by atoms with van der Waals surface area (Å²) in [4.78, 5) is 0. The zero-order chi connectivity index (χ0) is 18.0. The summed E-state index contributed by atoms with van der Waals surface area (Å²) < 4.78 is 56.6. The van der Waals surface area contributed by atoms with Gasteiger partial charge in [0.1, 0.15) is 24.9 Å². The number of hydrogen-bond donors (Lipinski definition) is 1. The average molecular weight is 367 g/mol. The summed E-state index contributed by atoms with van der Waals surface area (Å²) in [5.41, 5.74) is -0.230. The number of hydrogen-bond acceptors (Lipinski definition) is 8. The largest absolute Gasteiger partial charge is 0.344 e. The molecule has 3 aliphatic rings. The average Bonchev–Trinajstić information content (AvgIpc) is 2.92. The third-order valence-corrected chi connectivity index (χ3v) is 4.58. The fourth-order valence-electron chi connectivity index (χ4n) is 3.17. The minimum absolute atomic E-state index is 0.168. The summed E-state index contributed by atoms with van der Waals surface area (Å²) in [6, 6.07) is 0. The van der Waals surface area contributed by atoms with Crippen molar-refractivity contribution in [2.45, 2.75) is 70.8 Å². The fraction of sp³-hybridized carbons (Fsp3) is 1.00. The predicted octanol–water partition coefficient (Wildman–Crippen LogP) is 0.241. The SMILES string of the molecule is CC1(C)O[C@H]2[C@@H]3O[C@H](C(C)(C)C)O[C@@H]3CO[C@@]2(COS(N)(=O)=O)O1. The van der Waals surface area contributed by atoms with E-state index in [1.165, 1.54) is 0 Å². The van der Waals surface area contributed by atoms with E-state index in [0.717, 1.165) is 0 Å². The molecule has 0 aromatic rings. The van der Waals surface area contributed by atoms with Crippen molar-refractivity contribution in [1.29, 1.82) is 0 Å². The van der Waals surface area contributed by atoms with Gasteiger partial charge in [0, 0.05) is 5.41 Å². The lowest BCUT2D eigenvalue weighted by molar-refractivity contribution is -0.290. The van der Waals surface area contributed by atoms with Crippen LogP contribution in [0.25, 0.3) is 0 Å². The molecule has 10 heteroatoms. The molecule has 140 valence electrons. The molecule has 0 aromatic heterocycles. The zero-order valence-electron chi connectivity index (χ0n) is 14.5. The van der Waals surface area contributed by atoms with E-state index in [4.69, 9.17) is 33.0 Å². The van der Waals surface area contributed by atoms with Crippen molar-refractivity contribution in [1.82, 2.24) is 0 Å². The van der Waals surface area contributed by atoms with E-state index in [2.05, 4.69) is 0 Å². The molecule has 0 unspecified atom stereocenters. The van der Waals surface area contributed by atoms with Gasteiger partial charge in [0.2, 0.25) is 5.79 Å². The Morgan fingerprint density at radius 2 is 1.92 bits per heavy atom. The molecule has 0 bridgehead atoms. The molecule has 0 spiro atoms. The predicted molar refractivity (Wildman–Crippen MR) is 80.8 cm³/mol. The molecule has 0 aliphatic carbocycles. The molecule has 0 amide bonds. The minimum atomic E-state index is -4.15. The Kier molecular flexibility index (Phi) is 4.29. The van der Waals surface area contributed by atoms with Crippen LogP contribution in [0, 0.1) is 5.41 Å². The van der Waals surface area contributed by atoms with Crippen molar-refractivity contribution in [3.63, 3.8) is 0 Å². The van der Waals surface area contributed by atoms with E-state index in [9.17, 15) is 8.42 Å². The summed E-state index contributed by atoms with van der Waals surface area (Å²) in [6.45, 7) is 9.17.